The average molecular weight is 392 g/mol. The van der Waals surface area contributed by atoms with Crippen LogP contribution in [0.3, 0.4) is 0 Å². The van der Waals surface area contributed by atoms with E-state index < -0.39 is 11.9 Å². The molecule has 7 nitrogen and oxygen atoms in total. The number of hydrogen-bond donors (Lipinski definition) is 0. The SMILES string of the molecule is COC(=O)C1=C(C(=O)OC)N(c2ccc(-n3ccc4ccccc43)cc2)COC1. The van der Waals surface area contributed by atoms with Gasteiger partial charge in [0.25, 0.3) is 0 Å². The molecule has 0 saturated carbocycles. The van der Waals surface area contributed by atoms with Crippen molar-refractivity contribution in [1.82, 2.24) is 4.57 Å². The molecule has 4 rings (SSSR count). The van der Waals surface area contributed by atoms with Crippen LogP contribution >= 0.6 is 0 Å². The van der Waals surface area contributed by atoms with E-state index in [1.807, 2.05) is 42.6 Å². The molecule has 0 aliphatic carbocycles. The molecule has 0 spiro atoms. The van der Waals surface area contributed by atoms with E-state index in [1.54, 1.807) is 4.90 Å². The van der Waals surface area contributed by atoms with E-state index >= 15 is 0 Å². The maximum atomic E-state index is 12.4. The normalized spacial score (nSPS) is 14.2. The van der Waals surface area contributed by atoms with E-state index in [1.165, 1.54) is 14.2 Å². The van der Waals surface area contributed by atoms with Crippen LogP contribution < -0.4 is 4.90 Å². The van der Waals surface area contributed by atoms with Gasteiger partial charge in [0, 0.05) is 17.6 Å². The third-order valence-electron chi connectivity index (χ3n) is 4.87. The van der Waals surface area contributed by atoms with E-state index in [0.29, 0.717) is 5.69 Å². The number of aromatic nitrogens is 1. The minimum atomic E-state index is -0.620. The minimum absolute atomic E-state index is 0.0129. The molecular weight excluding hydrogens is 372 g/mol. The van der Waals surface area contributed by atoms with Crippen LogP contribution in [-0.2, 0) is 23.8 Å². The number of hydrogen-bond acceptors (Lipinski definition) is 6. The summed E-state index contributed by atoms with van der Waals surface area (Å²) in [5, 5.41) is 1.15. The Hall–Kier alpha value is -3.58. The fourth-order valence-electron chi connectivity index (χ4n) is 3.45. The van der Waals surface area contributed by atoms with Crippen LogP contribution in [0.4, 0.5) is 5.69 Å². The van der Waals surface area contributed by atoms with Crippen molar-refractivity contribution in [1.29, 1.82) is 0 Å². The summed E-state index contributed by atoms with van der Waals surface area (Å²) in [7, 11) is 2.54. The molecule has 7 heteroatoms. The molecule has 0 saturated heterocycles. The summed E-state index contributed by atoms with van der Waals surface area (Å²) in [6, 6.07) is 17.8. The van der Waals surface area contributed by atoms with Gasteiger partial charge >= 0.3 is 11.9 Å². The predicted molar refractivity (Wildman–Crippen MR) is 108 cm³/mol. The van der Waals surface area contributed by atoms with Gasteiger partial charge in [0.15, 0.2) is 0 Å². The predicted octanol–water partition coefficient (Wildman–Crippen LogP) is 3.02. The van der Waals surface area contributed by atoms with Gasteiger partial charge in [-0.25, -0.2) is 9.59 Å². The van der Waals surface area contributed by atoms with Gasteiger partial charge in [-0.3, -0.25) is 0 Å². The van der Waals surface area contributed by atoms with E-state index in [4.69, 9.17) is 14.2 Å². The Balaban J connectivity index is 1.72. The molecule has 1 aliphatic heterocycles. The molecule has 2 heterocycles. The second kappa shape index (κ2) is 7.81. The lowest BCUT2D eigenvalue weighted by Gasteiger charge is -2.31. The average Bonchev–Trinajstić information content (AvgIpc) is 3.22. The highest BCUT2D eigenvalue weighted by Crippen LogP contribution is 2.28. The molecule has 1 aliphatic rings. The Bertz CT molecular complexity index is 1100. The molecule has 0 bridgehead atoms. The lowest BCUT2D eigenvalue weighted by atomic mass is 10.1. The lowest BCUT2D eigenvalue weighted by molar-refractivity contribution is -0.140. The quantitative estimate of drug-likeness (QED) is 0.636. The van der Waals surface area contributed by atoms with Gasteiger partial charge in [-0.1, -0.05) is 18.2 Å². The monoisotopic (exact) mass is 392 g/mol. The Morgan fingerprint density at radius 1 is 0.897 bits per heavy atom. The third kappa shape index (κ3) is 3.36. The van der Waals surface area contributed by atoms with Crippen LogP contribution in [0.25, 0.3) is 16.6 Å². The highest BCUT2D eigenvalue weighted by atomic mass is 16.5. The molecule has 1 aromatic heterocycles. The number of ether oxygens (including phenoxy) is 3. The van der Waals surface area contributed by atoms with Crippen LogP contribution in [0.2, 0.25) is 0 Å². The Morgan fingerprint density at radius 3 is 2.31 bits per heavy atom. The number of fused-ring (bicyclic) bond motifs is 1. The molecule has 0 fully saturated rings. The number of carbonyl (C=O) groups is 2. The van der Waals surface area contributed by atoms with E-state index in [-0.39, 0.29) is 24.6 Å². The number of esters is 2. The first-order valence-electron chi connectivity index (χ1n) is 9.05. The summed E-state index contributed by atoms with van der Waals surface area (Å²) in [5.74, 6) is -1.24. The van der Waals surface area contributed by atoms with Crippen molar-refractivity contribution >= 4 is 28.5 Å². The number of anilines is 1. The zero-order chi connectivity index (χ0) is 20.4. The van der Waals surface area contributed by atoms with Crippen LogP contribution in [0.5, 0.6) is 0 Å². The van der Waals surface area contributed by atoms with Crippen LogP contribution in [0.1, 0.15) is 0 Å². The van der Waals surface area contributed by atoms with Crippen molar-refractivity contribution < 1.29 is 23.8 Å². The molecule has 0 N–H and O–H groups in total. The van der Waals surface area contributed by atoms with Gasteiger partial charge < -0.3 is 23.7 Å². The zero-order valence-electron chi connectivity index (χ0n) is 16.1. The van der Waals surface area contributed by atoms with Gasteiger partial charge in [-0.2, -0.15) is 0 Å². The van der Waals surface area contributed by atoms with Crippen molar-refractivity contribution in [3.63, 3.8) is 0 Å². The Morgan fingerprint density at radius 2 is 1.59 bits per heavy atom. The summed E-state index contributed by atoms with van der Waals surface area (Å²) >= 11 is 0. The van der Waals surface area contributed by atoms with Gasteiger partial charge in [0.05, 0.1) is 31.9 Å². The van der Waals surface area contributed by atoms with Crippen molar-refractivity contribution in [3.8, 4) is 5.69 Å². The smallest absolute Gasteiger partial charge is 0.355 e. The highest BCUT2D eigenvalue weighted by Gasteiger charge is 2.32. The van der Waals surface area contributed by atoms with Crippen LogP contribution in [-0.4, -0.2) is 44.1 Å². The standard InChI is InChI=1S/C22H20N2O5/c1-27-21(25)18-13-29-14-24(20(18)22(26)28-2)17-9-7-16(8-10-17)23-12-11-15-5-3-4-6-19(15)23/h3-12H,13-14H2,1-2H3. The topological polar surface area (TPSA) is 70.0 Å². The van der Waals surface area contributed by atoms with Gasteiger partial charge in [-0.15, -0.1) is 0 Å². The van der Waals surface area contributed by atoms with E-state index in [9.17, 15) is 9.59 Å². The number of nitrogens with zero attached hydrogens (tertiary/aromatic N) is 2. The Labute approximate surface area is 167 Å². The van der Waals surface area contributed by atoms with E-state index in [2.05, 4.69) is 22.8 Å². The van der Waals surface area contributed by atoms with Gasteiger partial charge in [-0.05, 0) is 41.8 Å². The van der Waals surface area contributed by atoms with Crippen LogP contribution in [0.15, 0.2) is 72.1 Å². The number of para-hydroxylation sites is 1. The van der Waals surface area contributed by atoms with Crippen molar-refractivity contribution in [2.75, 3.05) is 32.5 Å². The van der Waals surface area contributed by atoms with E-state index in [0.717, 1.165) is 16.6 Å². The molecule has 2 aromatic carbocycles. The second-order valence-electron chi connectivity index (χ2n) is 6.48. The number of benzene rings is 2. The second-order valence-corrected chi connectivity index (χ2v) is 6.48. The molecule has 0 unspecified atom stereocenters. The molecule has 0 atom stereocenters. The molecule has 3 aromatic rings. The minimum Gasteiger partial charge on any atom is -0.466 e. The fourth-order valence-corrected chi connectivity index (χ4v) is 3.45. The summed E-state index contributed by atoms with van der Waals surface area (Å²) in [5.41, 5.74) is 3.04. The zero-order valence-corrected chi connectivity index (χ0v) is 16.1. The molecule has 148 valence electrons. The van der Waals surface area contributed by atoms with Crippen LogP contribution in [0, 0.1) is 0 Å². The first-order valence-corrected chi connectivity index (χ1v) is 9.05. The maximum Gasteiger partial charge on any atom is 0.355 e. The lowest BCUT2D eigenvalue weighted by Crippen LogP contribution is -2.38. The van der Waals surface area contributed by atoms with Gasteiger partial charge in [0.2, 0.25) is 0 Å². The van der Waals surface area contributed by atoms with Gasteiger partial charge in [0.1, 0.15) is 12.4 Å². The highest BCUT2D eigenvalue weighted by molar-refractivity contribution is 6.03. The third-order valence-corrected chi connectivity index (χ3v) is 4.87. The first-order chi connectivity index (χ1) is 14.1. The van der Waals surface area contributed by atoms with Crippen molar-refractivity contribution in [2.24, 2.45) is 0 Å². The fraction of sp³-hybridized carbons (Fsp3) is 0.182. The summed E-state index contributed by atoms with van der Waals surface area (Å²) in [6.07, 6.45) is 2.01. The number of methoxy groups -OCH3 is 2. The molecular formula is C22H20N2O5. The molecule has 29 heavy (non-hydrogen) atoms. The number of carbonyl (C=O) groups excluding carboxylic acids is 2. The summed E-state index contributed by atoms with van der Waals surface area (Å²) in [6.45, 7) is 0.109. The number of rotatable bonds is 4. The van der Waals surface area contributed by atoms with Crippen molar-refractivity contribution in [3.05, 3.63) is 72.1 Å². The summed E-state index contributed by atoms with van der Waals surface area (Å²) < 4.78 is 17.3. The van der Waals surface area contributed by atoms with Crippen molar-refractivity contribution in [2.45, 2.75) is 0 Å². The largest absolute Gasteiger partial charge is 0.466 e. The summed E-state index contributed by atoms with van der Waals surface area (Å²) in [4.78, 5) is 26.1. The molecule has 0 amide bonds. The maximum absolute atomic E-state index is 12.4. The molecule has 0 radical (unpaired) electrons. The first kappa shape index (κ1) is 18.8. The Kier molecular flexibility index (Phi) is 5.05.